The molecular formula is C13H19FN2O. The monoisotopic (exact) mass is 238 g/mol. The van der Waals surface area contributed by atoms with Crippen LogP contribution >= 0.6 is 0 Å². The number of hydrogen-bond donors (Lipinski definition) is 2. The van der Waals surface area contributed by atoms with Crippen LogP contribution in [-0.4, -0.2) is 42.8 Å². The Bertz CT molecular complexity index is 378. The fourth-order valence-electron chi connectivity index (χ4n) is 2.24. The summed E-state index contributed by atoms with van der Waals surface area (Å²) in [6.07, 6.45) is 0. The zero-order chi connectivity index (χ0) is 12.3. The Morgan fingerprint density at radius 3 is 2.71 bits per heavy atom. The van der Waals surface area contributed by atoms with Crippen molar-refractivity contribution in [3.63, 3.8) is 0 Å². The molecule has 0 amide bonds. The van der Waals surface area contributed by atoms with Gasteiger partial charge in [0.15, 0.2) is 0 Å². The maximum Gasteiger partial charge on any atom is 0.126 e. The molecule has 0 aliphatic carbocycles. The van der Waals surface area contributed by atoms with Crippen LogP contribution in [-0.2, 0) is 0 Å². The van der Waals surface area contributed by atoms with Gasteiger partial charge in [-0.05, 0) is 24.1 Å². The molecule has 0 radical (unpaired) electrons. The van der Waals surface area contributed by atoms with Crippen LogP contribution in [0.3, 0.4) is 0 Å². The van der Waals surface area contributed by atoms with Crippen LogP contribution in [0.1, 0.15) is 17.2 Å². The highest BCUT2D eigenvalue weighted by Crippen LogP contribution is 2.22. The number of aliphatic hydroxyl groups excluding tert-OH is 1. The zero-order valence-electron chi connectivity index (χ0n) is 10.1. The molecule has 4 heteroatoms. The summed E-state index contributed by atoms with van der Waals surface area (Å²) in [5.41, 5.74) is 1.50. The van der Waals surface area contributed by atoms with Gasteiger partial charge in [-0.2, -0.15) is 0 Å². The Morgan fingerprint density at radius 1 is 1.41 bits per heavy atom. The molecule has 0 aromatic heterocycles. The molecule has 1 aliphatic rings. The second-order valence-electron chi connectivity index (χ2n) is 4.49. The number of piperazine rings is 1. The van der Waals surface area contributed by atoms with Gasteiger partial charge in [-0.3, -0.25) is 4.90 Å². The van der Waals surface area contributed by atoms with E-state index in [1.54, 1.807) is 13.0 Å². The Kier molecular flexibility index (Phi) is 4.10. The first-order valence-corrected chi connectivity index (χ1v) is 6.04. The van der Waals surface area contributed by atoms with Crippen molar-refractivity contribution in [2.75, 3.05) is 32.8 Å². The van der Waals surface area contributed by atoms with Crippen molar-refractivity contribution in [2.45, 2.75) is 13.0 Å². The maximum absolute atomic E-state index is 13.5. The smallest absolute Gasteiger partial charge is 0.126 e. The minimum Gasteiger partial charge on any atom is -0.394 e. The van der Waals surface area contributed by atoms with E-state index in [0.29, 0.717) is 5.56 Å². The summed E-state index contributed by atoms with van der Waals surface area (Å²) in [6.45, 7) is 5.40. The number of aliphatic hydroxyl groups is 1. The highest BCUT2D eigenvalue weighted by atomic mass is 19.1. The maximum atomic E-state index is 13.5. The first-order chi connectivity index (χ1) is 8.22. The lowest BCUT2D eigenvalue weighted by atomic mass is 10.0. The van der Waals surface area contributed by atoms with Crippen LogP contribution < -0.4 is 5.32 Å². The van der Waals surface area contributed by atoms with Crippen molar-refractivity contribution >= 4 is 0 Å². The Hall–Kier alpha value is -0.970. The molecule has 2 N–H and O–H groups in total. The fourth-order valence-corrected chi connectivity index (χ4v) is 2.24. The number of nitrogens with one attached hydrogen (secondary N) is 1. The molecule has 3 nitrogen and oxygen atoms in total. The lowest BCUT2D eigenvalue weighted by molar-refractivity contribution is 0.110. The predicted octanol–water partition coefficient (Wildman–Crippen LogP) is 1.07. The third kappa shape index (κ3) is 2.83. The van der Waals surface area contributed by atoms with E-state index in [2.05, 4.69) is 10.2 Å². The van der Waals surface area contributed by atoms with E-state index < -0.39 is 0 Å². The summed E-state index contributed by atoms with van der Waals surface area (Å²) < 4.78 is 13.5. The first-order valence-electron chi connectivity index (χ1n) is 6.04. The summed E-state index contributed by atoms with van der Waals surface area (Å²) in [7, 11) is 0. The van der Waals surface area contributed by atoms with Crippen molar-refractivity contribution in [1.29, 1.82) is 0 Å². The van der Waals surface area contributed by atoms with E-state index in [-0.39, 0.29) is 18.5 Å². The molecule has 1 aromatic carbocycles. The highest BCUT2D eigenvalue weighted by molar-refractivity contribution is 5.26. The molecule has 0 saturated carbocycles. The van der Waals surface area contributed by atoms with Crippen LogP contribution in [0, 0.1) is 12.7 Å². The van der Waals surface area contributed by atoms with Gasteiger partial charge in [0.25, 0.3) is 0 Å². The average Bonchev–Trinajstić information content (AvgIpc) is 2.36. The van der Waals surface area contributed by atoms with E-state index in [1.165, 1.54) is 6.07 Å². The molecule has 0 spiro atoms. The van der Waals surface area contributed by atoms with Crippen LogP contribution in [0.4, 0.5) is 4.39 Å². The topological polar surface area (TPSA) is 35.5 Å². The SMILES string of the molecule is Cc1ccc(C(CO)N2CCNCC2)cc1F. The normalized spacial score (nSPS) is 19.2. The standard InChI is InChI=1S/C13H19FN2O/c1-10-2-3-11(8-12(10)14)13(9-17)16-6-4-15-5-7-16/h2-3,8,13,15,17H,4-7,9H2,1H3. The second-order valence-corrected chi connectivity index (χ2v) is 4.49. The molecule has 1 atom stereocenters. The zero-order valence-corrected chi connectivity index (χ0v) is 10.1. The quantitative estimate of drug-likeness (QED) is 0.827. The Balaban J connectivity index is 2.18. The van der Waals surface area contributed by atoms with Crippen molar-refractivity contribution < 1.29 is 9.50 Å². The van der Waals surface area contributed by atoms with Crippen molar-refractivity contribution in [1.82, 2.24) is 10.2 Å². The second kappa shape index (κ2) is 5.58. The lowest BCUT2D eigenvalue weighted by Gasteiger charge is -2.34. The molecule has 1 unspecified atom stereocenters. The number of nitrogens with zero attached hydrogens (tertiary/aromatic N) is 1. The van der Waals surface area contributed by atoms with Crippen LogP contribution in [0.5, 0.6) is 0 Å². The van der Waals surface area contributed by atoms with Gasteiger partial charge in [0.1, 0.15) is 5.82 Å². The van der Waals surface area contributed by atoms with Crippen molar-refractivity contribution in [2.24, 2.45) is 0 Å². The van der Waals surface area contributed by atoms with E-state index in [4.69, 9.17) is 0 Å². The highest BCUT2D eigenvalue weighted by Gasteiger charge is 2.21. The van der Waals surface area contributed by atoms with Crippen molar-refractivity contribution in [3.05, 3.63) is 35.1 Å². The van der Waals surface area contributed by atoms with Gasteiger partial charge in [-0.25, -0.2) is 4.39 Å². The third-order valence-corrected chi connectivity index (χ3v) is 3.35. The van der Waals surface area contributed by atoms with Gasteiger partial charge in [0, 0.05) is 26.2 Å². The molecule has 1 fully saturated rings. The van der Waals surface area contributed by atoms with E-state index in [0.717, 1.165) is 31.7 Å². The molecule has 1 aliphatic heterocycles. The van der Waals surface area contributed by atoms with E-state index >= 15 is 0 Å². The predicted molar refractivity (Wildman–Crippen MR) is 65.4 cm³/mol. The fraction of sp³-hybridized carbons (Fsp3) is 0.538. The minimum absolute atomic E-state index is 0.0303. The first kappa shape index (κ1) is 12.5. The van der Waals surface area contributed by atoms with Crippen LogP contribution in [0.2, 0.25) is 0 Å². The van der Waals surface area contributed by atoms with E-state index in [9.17, 15) is 9.50 Å². The summed E-state index contributed by atoms with van der Waals surface area (Å²) in [6, 6.07) is 5.13. The molecule has 17 heavy (non-hydrogen) atoms. The van der Waals surface area contributed by atoms with Gasteiger partial charge < -0.3 is 10.4 Å². The largest absolute Gasteiger partial charge is 0.394 e. The number of aryl methyl sites for hydroxylation is 1. The van der Waals surface area contributed by atoms with Gasteiger partial charge >= 0.3 is 0 Å². The van der Waals surface area contributed by atoms with Crippen molar-refractivity contribution in [3.8, 4) is 0 Å². The number of hydrogen-bond acceptors (Lipinski definition) is 3. The lowest BCUT2D eigenvalue weighted by Crippen LogP contribution is -2.46. The van der Waals surface area contributed by atoms with Crippen LogP contribution in [0.15, 0.2) is 18.2 Å². The molecular weight excluding hydrogens is 219 g/mol. The van der Waals surface area contributed by atoms with Gasteiger partial charge in [-0.1, -0.05) is 12.1 Å². The molecule has 0 bridgehead atoms. The molecule has 1 saturated heterocycles. The number of rotatable bonds is 3. The number of benzene rings is 1. The Morgan fingerprint density at radius 2 is 2.12 bits per heavy atom. The molecule has 1 aromatic rings. The number of halogens is 1. The Labute approximate surface area is 101 Å². The van der Waals surface area contributed by atoms with Gasteiger partial charge in [-0.15, -0.1) is 0 Å². The minimum atomic E-state index is -0.198. The summed E-state index contributed by atoms with van der Waals surface area (Å²) in [4.78, 5) is 2.20. The molecule has 1 heterocycles. The average molecular weight is 238 g/mol. The van der Waals surface area contributed by atoms with E-state index in [1.807, 2.05) is 6.07 Å². The van der Waals surface area contributed by atoms with Gasteiger partial charge in [0.05, 0.1) is 12.6 Å². The summed E-state index contributed by atoms with van der Waals surface area (Å²) in [5.74, 6) is -0.198. The van der Waals surface area contributed by atoms with Crippen LogP contribution in [0.25, 0.3) is 0 Å². The third-order valence-electron chi connectivity index (χ3n) is 3.35. The molecule has 94 valence electrons. The molecule has 2 rings (SSSR count). The summed E-state index contributed by atoms with van der Waals surface area (Å²) in [5, 5.41) is 12.8. The van der Waals surface area contributed by atoms with Gasteiger partial charge in [0.2, 0.25) is 0 Å². The summed E-state index contributed by atoms with van der Waals surface area (Å²) >= 11 is 0.